The van der Waals surface area contributed by atoms with Crippen molar-refractivity contribution in [2.24, 2.45) is 5.10 Å². The van der Waals surface area contributed by atoms with Crippen molar-refractivity contribution in [1.82, 2.24) is 10.7 Å². The first-order valence-corrected chi connectivity index (χ1v) is 5.49. The molecular weight excluding hydrogens is 254 g/mol. The molecule has 0 unspecified atom stereocenters. The standard InChI is InChI=1S/C12H12ClN3O2/c1-2-7-14-11(17)12(18)16-15-8-9-5-3-4-6-10(9)13/h2-6,8H,1,7H2,(H,14,17)(H,16,18)/b15-8+. The van der Waals surface area contributed by atoms with E-state index in [9.17, 15) is 9.59 Å². The van der Waals surface area contributed by atoms with Gasteiger partial charge in [0, 0.05) is 17.1 Å². The van der Waals surface area contributed by atoms with Crippen molar-refractivity contribution in [3.8, 4) is 0 Å². The third-order valence-corrected chi connectivity index (χ3v) is 2.23. The van der Waals surface area contributed by atoms with Crippen LogP contribution >= 0.6 is 11.6 Å². The molecule has 5 nitrogen and oxygen atoms in total. The Kier molecular flexibility index (Phi) is 5.60. The van der Waals surface area contributed by atoms with Gasteiger partial charge in [0.25, 0.3) is 0 Å². The molecule has 0 heterocycles. The van der Waals surface area contributed by atoms with Crippen LogP contribution in [0.1, 0.15) is 5.56 Å². The number of carbonyl (C=O) groups excluding carboxylic acids is 2. The highest BCUT2D eigenvalue weighted by Crippen LogP contribution is 2.11. The first-order valence-electron chi connectivity index (χ1n) is 5.12. The summed E-state index contributed by atoms with van der Waals surface area (Å²) in [6.07, 6.45) is 2.83. The van der Waals surface area contributed by atoms with E-state index >= 15 is 0 Å². The van der Waals surface area contributed by atoms with Crippen molar-refractivity contribution in [2.45, 2.75) is 0 Å². The van der Waals surface area contributed by atoms with Crippen molar-refractivity contribution in [2.75, 3.05) is 6.54 Å². The van der Waals surface area contributed by atoms with E-state index in [2.05, 4.69) is 22.4 Å². The lowest BCUT2D eigenvalue weighted by atomic mass is 10.2. The summed E-state index contributed by atoms with van der Waals surface area (Å²) < 4.78 is 0. The summed E-state index contributed by atoms with van der Waals surface area (Å²) in [6, 6.07) is 6.99. The number of rotatable bonds is 4. The maximum absolute atomic E-state index is 11.2. The van der Waals surface area contributed by atoms with Crippen LogP contribution in [-0.2, 0) is 9.59 Å². The Balaban J connectivity index is 2.50. The van der Waals surface area contributed by atoms with E-state index in [0.717, 1.165) is 0 Å². The predicted molar refractivity (Wildman–Crippen MR) is 70.4 cm³/mol. The Morgan fingerprint density at radius 1 is 1.33 bits per heavy atom. The van der Waals surface area contributed by atoms with Crippen molar-refractivity contribution in [3.63, 3.8) is 0 Å². The summed E-state index contributed by atoms with van der Waals surface area (Å²) in [6.45, 7) is 3.64. The minimum Gasteiger partial charge on any atom is -0.344 e. The third-order valence-electron chi connectivity index (χ3n) is 1.89. The summed E-state index contributed by atoms with van der Waals surface area (Å²) in [7, 11) is 0. The lowest BCUT2D eigenvalue weighted by Crippen LogP contribution is -2.37. The monoisotopic (exact) mass is 265 g/mol. The fourth-order valence-corrected chi connectivity index (χ4v) is 1.22. The van der Waals surface area contributed by atoms with E-state index in [1.165, 1.54) is 12.3 Å². The van der Waals surface area contributed by atoms with Gasteiger partial charge in [-0.15, -0.1) is 6.58 Å². The zero-order valence-corrected chi connectivity index (χ0v) is 10.3. The molecule has 0 aliphatic heterocycles. The second kappa shape index (κ2) is 7.24. The van der Waals surface area contributed by atoms with Gasteiger partial charge in [0.2, 0.25) is 0 Å². The topological polar surface area (TPSA) is 70.6 Å². The van der Waals surface area contributed by atoms with Crippen molar-refractivity contribution in [1.29, 1.82) is 0 Å². The van der Waals surface area contributed by atoms with Gasteiger partial charge in [-0.2, -0.15) is 5.10 Å². The molecule has 1 aromatic carbocycles. The molecule has 0 radical (unpaired) electrons. The summed E-state index contributed by atoms with van der Waals surface area (Å²) in [5.41, 5.74) is 2.74. The van der Waals surface area contributed by atoms with Gasteiger partial charge in [0.1, 0.15) is 0 Å². The van der Waals surface area contributed by atoms with Crippen LogP contribution in [0.25, 0.3) is 0 Å². The first-order chi connectivity index (χ1) is 8.65. The number of carbonyl (C=O) groups is 2. The Bertz CT molecular complexity index is 486. The molecular formula is C12H12ClN3O2. The largest absolute Gasteiger partial charge is 0.344 e. The van der Waals surface area contributed by atoms with Crippen LogP contribution in [0.5, 0.6) is 0 Å². The van der Waals surface area contributed by atoms with Crippen molar-refractivity contribution >= 4 is 29.6 Å². The molecule has 0 saturated heterocycles. The van der Waals surface area contributed by atoms with Gasteiger partial charge in [-0.1, -0.05) is 35.9 Å². The molecule has 0 aliphatic rings. The van der Waals surface area contributed by atoms with Crippen LogP contribution < -0.4 is 10.7 Å². The average Bonchev–Trinajstić information content (AvgIpc) is 2.38. The number of nitrogens with zero attached hydrogens (tertiary/aromatic N) is 1. The third kappa shape index (κ3) is 4.39. The van der Waals surface area contributed by atoms with Gasteiger partial charge in [-0.05, 0) is 6.07 Å². The van der Waals surface area contributed by atoms with Gasteiger partial charge in [-0.3, -0.25) is 9.59 Å². The number of hydrogen-bond donors (Lipinski definition) is 2. The van der Waals surface area contributed by atoms with Crippen LogP contribution in [0.2, 0.25) is 5.02 Å². The lowest BCUT2D eigenvalue weighted by molar-refractivity contribution is -0.139. The van der Waals surface area contributed by atoms with Crippen LogP contribution in [-0.4, -0.2) is 24.6 Å². The smallest absolute Gasteiger partial charge is 0.329 e. The molecule has 0 bridgehead atoms. The van der Waals surface area contributed by atoms with E-state index in [0.29, 0.717) is 10.6 Å². The van der Waals surface area contributed by atoms with Crippen LogP contribution in [0, 0.1) is 0 Å². The quantitative estimate of drug-likeness (QED) is 0.370. The van der Waals surface area contributed by atoms with E-state index in [-0.39, 0.29) is 6.54 Å². The summed E-state index contributed by atoms with van der Waals surface area (Å²) in [5.74, 6) is -1.62. The molecule has 1 aromatic rings. The minimum atomic E-state index is -0.847. The van der Waals surface area contributed by atoms with Gasteiger partial charge in [0.15, 0.2) is 0 Å². The lowest BCUT2D eigenvalue weighted by Gasteiger charge is -2.00. The summed E-state index contributed by atoms with van der Waals surface area (Å²) >= 11 is 5.88. The Morgan fingerprint density at radius 3 is 2.72 bits per heavy atom. The fraction of sp³-hybridized carbons (Fsp3) is 0.0833. The molecule has 0 saturated carbocycles. The Morgan fingerprint density at radius 2 is 2.06 bits per heavy atom. The van der Waals surface area contributed by atoms with Crippen LogP contribution in [0.15, 0.2) is 42.0 Å². The van der Waals surface area contributed by atoms with Crippen molar-refractivity contribution < 1.29 is 9.59 Å². The van der Waals surface area contributed by atoms with Crippen LogP contribution in [0.3, 0.4) is 0 Å². The molecule has 0 spiro atoms. The van der Waals surface area contributed by atoms with Gasteiger partial charge in [0.05, 0.1) is 6.21 Å². The molecule has 0 atom stereocenters. The number of benzene rings is 1. The number of nitrogens with one attached hydrogen (secondary N) is 2. The highest BCUT2D eigenvalue weighted by atomic mass is 35.5. The molecule has 18 heavy (non-hydrogen) atoms. The molecule has 0 aromatic heterocycles. The molecule has 2 N–H and O–H groups in total. The number of amides is 2. The molecule has 94 valence electrons. The molecule has 0 fully saturated rings. The first kappa shape index (κ1) is 13.9. The number of halogens is 1. The predicted octanol–water partition coefficient (Wildman–Crippen LogP) is 1.09. The Labute approximate surface area is 110 Å². The molecule has 1 rings (SSSR count). The fourth-order valence-electron chi connectivity index (χ4n) is 1.04. The van der Waals surface area contributed by atoms with Gasteiger partial charge < -0.3 is 5.32 Å². The molecule has 2 amide bonds. The molecule has 0 aliphatic carbocycles. The minimum absolute atomic E-state index is 0.223. The van der Waals surface area contributed by atoms with Crippen LogP contribution in [0.4, 0.5) is 0 Å². The normalized spacial score (nSPS) is 10.1. The highest BCUT2D eigenvalue weighted by Gasteiger charge is 2.10. The van der Waals surface area contributed by atoms with Crippen molar-refractivity contribution in [3.05, 3.63) is 47.5 Å². The zero-order valence-electron chi connectivity index (χ0n) is 9.52. The van der Waals surface area contributed by atoms with E-state index in [4.69, 9.17) is 11.6 Å². The highest BCUT2D eigenvalue weighted by molar-refractivity contribution is 6.35. The summed E-state index contributed by atoms with van der Waals surface area (Å²) in [4.78, 5) is 22.4. The van der Waals surface area contributed by atoms with E-state index in [1.807, 2.05) is 0 Å². The maximum Gasteiger partial charge on any atom is 0.329 e. The molecule has 6 heteroatoms. The average molecular weight is 266 g/mol. The second-order valence-corrected chi connectivity index (χ2v) is 3.63. The van der Waals surface area contributed by atoms with Gasteiger partial charge in [-0.25, -0.2) is 5.43 Å². The number of hydrogen-bond acceptors (Lipinski definition) is 3. The second-order valence-electron chi connectivity index (χ2n) is 3.22. The van der Waals surface area contributed by atoms with E-state index < -0.39 is 11.8 Å². The Hall–Kier alpha value is -2.14. The van der Waals surface area contributed by atoms with Gasteiger partial charge >= 0.3 is 11.8 Å². The number of hydrazone groups is 1. The summed E-state index contributed by atoms with van der Waals surface area (Å²) in [5, 5.41) is 6.47. The van der Waals surface area contributed by atoms with E-state index in [1.54, 1.807) is 24.3 Å². The SMILES string of the molecule is C=CCNC(=O)C(=O)N/N=C/c1ccccc1Cl. The maximum atomic E-state index is 11.2. The zero-order chi connectivity index (χ0) is 13.4.